The van der Waals surface area contributed by atoms with Crippen molar-refractivity contribution in [2.75, 3.05) is 0 Å². The molecule has 4 heteroatoms. The average molecular weight is 263 g/mol. The Kier molecular flexibility index (Phi) is 3.53. The molecule has 1 aromatic heterocycles. The molecule has 0 spiro atoms. The molecule has 0 unspecified atom stereocenters. The van der Waals surface area contributed by atoms with Gasteiger partial charge >= 0.3 is 0 Å². The zero-order valence-corrected chi connectivity index (χ0v) is 11.5. The van der Waals surface area contributed by atoms with Crippen molar-refractivity contribution in [1.29, 1.82) is 0 Å². The molecule has 0 saturated heterocycles. The number of hydrogen-bond donors (Lipinski definition) is 0. The van der Waals surface area contributed by atoms with Gasteiger partial charge in [0.05, 0.1) is 16.9 Å². The first-order chi connectivity index (χ1) is 8.58. The molecule has 3 nitrogen and oxygen atoms in total. The molecule has 0 fully saturated rings. The van der Waals surface area contributed by atoms with Crippen LogP contribution in [0.4, 0.5) is 0 Å². The minimum absolute atomic E-state index is 0.383. The standard InChI is InChI=1S/C14H15ClN2O/c1-4-12-11(8-18)14(15)17(16-12)13-6-5-9(2)7-10(13)3/h5-8H,4H2,1-3H3. The van der Waals surface area contributed by atoms with Crippen LogP contribution >= 0.6 is 11.6 Å². The second-order valence-electron chi connectivity index (χ2n) is 4.32. The Morgan fingerprint density at radius 1 is 1.39 bits per heavy atom. The van der Waals surface area contributed by atoms with Crippen LogP contribution < -0.4 is 0 Å². The molecule has 0 aliphatic carbocycles. The van der Waals surface area contributed by atoms with E-state index in [0.717, 1.165) is 23.2 Å². The maximum Gasteiger partial charge on any atom is 0.155 e. The Morgan fingerprint density at radius 2 is 2.11 bits per heavy atom. The zero-order chi connectivity index (χ0) is 13.3. The van der Waals surface area contributed by atoms with E-state index in [4.69, 9.17) is 11.6 Å². The summed E-state index contributed by atoms with van der Waals surface area (Å²) in [7, 11) is 0. The summed E-state index contributed by atoms with van der Waals surface area (Å²) in [6, 6.07) is 6.05. The smallest absolute Gasteiger partial charge is 0.155 e. The Morgan fingerprint density at radius 3 is 2.61 bits per heavy atom. The second kappa shape index (κ2) is 4.94. The predicted octanol–water partition coefficient (Wildman–Crippen LogP) is 3.52. The number of carbonyl (C=O) groups is 1. The molecule has 1 heterocycles. The molecule has 0 aliphatic heterocycles. The Bertz CT molecular complexity index is 602. The maximum absolute atomic E-state index is 11.1. The van der Waals surface area contributed by atoms with Crippen LogP contribution in [0.1, 0.15) is 34.1 Å². The van der Waals surface area contributed by atoms with E-state index in [1.807, 2.05) is 32.9 Å². The highest BCUT2D eigenvalue weighted by atomic mass is 35.5. The molecule has 2 rings (SSSR count). The Hall–Kier alpha value is -1.61. The first kappa shape index (κ1) is 12.8. The van der Waals surface area contributed by atoms with Crippen LogP contribution in [0.25, 0.3) is 5.69 Å². The molecular formula is C14H15ClN2O. The second-order valence-corrected chi connectivity index (χ2v) is 4.68. The first-order valence-electron chi connectivity index (χ1n) is 5.88. The van der Waals surface area contributed by atoms with Crippen molar-refractivity contribution in [3.05, 3.63) is 45.7 Å². The van der Waals surface area contributed by atoms with E-state index in [2.05, 4.69) is 11.2 Å². The normalized spacial score (nSPS) is 10.7. The fourth-order valence-electron chi connectivity index (χ4n) is 2.03. The van der Waals surface area contributed by atoms with Crippen LogP contribution in [-0.2, 0) is 6.42 Å². The number of halogens is 1. The van der Waals surface area contributed by atoms with Crippen molar-refractivity contribution in [1.82, 2.24) is 9.78 Å². The Labute approximate surface area is 111 Å². The van der Waals surface area contributed by atoms with E-state index in [9.17, 15) is 4.79 Å². The summed E-state index contributed by atoms with van der Waals surface area (Å²) in [6.45, 7) is 6.00. The molecule has 0 N–H and O–H groups in total. The zero-order valence-electron chi connectivity index (χ0n) is 10.7. The van der Waals surface area contributed by atoms with E-state index in [1.165, 1.54) is 5.56 Å². The fraction of sp³-hybridized carbons (Fsp3) is 0.286. The summed E-state index contributed by atoms with van der Waals surface area (Å²) in [5, 5.41) is 4.80. The van der Waals surface area contributed by atoms with Crippen LogP contribution in [0.3, 0.4) is 0 Å². The van der Waals surface area contributed by atoms with E-state index in [-0.39, 0.29) is 0 Å². The van der Waals surface area contributed by atoms with Gasteiger partial charge in [-0.05, 0) is 31.9 Å². The molecule has 0 aliphatic rings. The number of rotatable bonds is 3. The SMILES string of the molecule is CCc1nn(-c2ccc(C)cc2C)c(Cl)c1C=O. The first-order valence-corrected chi connectivity index (χ1v) is 6.26. The van der Waals surface area contributed by atoms with Crippen molar-refractivity contribution in [3.63, 3.8) is 0 Å². The van der Waals surface area contributed by atoms with Gasteiger partial charge < -0.3 is 0 Å². The number of hydrogen-bond acceptors (Lipinski definition) is 2. The largest absolute Gasteiger partial charge is 0.298 e. The molecule has 0 saturated carbocycles. The van der Waals surface area contributed by atoms with Gasteiger partial charge in [0.2, 0.25) is 0 Å². The third kappa shape index (κ3) is 2.06. The highest BCUT2D eigenvalue weighted by Gasteiger charge is 2.16. The number of aromatic nitrogens is 2. The topological polar surface area (TPSA) is 34.9 Å². The number of carbonyl (C=O) groups excluding carboxylic acids is 1. The number of aryl methyl sites for hydroxylation is 3. The molecule has 1 aromatic carbocycles. The van der Waals surface area contributed by atoms with Crippen LogP contribution in [0, 0.1) is 13.8 Å². The number of benzene rings is 1. The van der Waals surface area contributed by atoms with Gasteiger partial charge in [0.1, 0.15) is 5.15 Å². The highest BCUT2D eigenvalue weighted by molar-refractivity contribution is 6.32. The molecular weight excluding hydrogens is 248 g/mol. The van der Waals surface area contributed by atoms with Gasteiger partial charge in [0.15, 0.2) is 6.29 Å². The summed E-state index contributed by atoms with van der Waals surface area (Å²) >= 11 is 6.22. The van der Waals surface area contributed by atoms with Crippen LogP contribution in [0.2, 0.25) is 5.15 Å². The molecule has 94 valence electrons. The van der Waals surface area contributed by atoms with Gasteiger partial charge in [0, 0.05) is 0 Å². The summed E-state index contributed by atoms with van der Waals surface area (Å²) in [4.78, 5) is 11.1. The van der Waals surface area contributed by atoms with Crippen LogP contribution in [0.15, 0.2) is 18.2 Å². The van der Waals surface area contributed by atoms with Gasteiger partial charge in [-0.25, -0.2) is 4.68 Å². The van der Waals surface area contributed by atoms with Crippen molar-refractivity contribution >= 4 is 17.9 Å². The number of nitrogens with zero attached hydrogens (tertiary/aromatic N) is 2. The van der Waals surface area contributed by atoms with Crippen molar-refractivity contribution in [2.45, 2.75) is 27.2 Å². The summed E-state index contributed by atoms with van der Waals surface area (Å²) in [6.07, 6.45) is 1.46. The molecule has 0 atom stereocenters. The van der Waals surface area contributed by atoms with Crippen LogP contribution in [-0.4, -0.2) is 16.1 Å². The van der Waals surface area contributed by atoms with Gasteiger partial charge in [0.25, 0.3) is 0 Å². The summed E-state index contributed by atoms with van der Waals surface area (Å²) in [5.74, 6) is 0. The lowest BCUT2D eigenvalue weighted by molar-refractivity contribution is 0.112. The van der Waals surface area contributed by atoms with E-state index < -0.39 is 0 Å². The van der Waals surface area contributed by atoms with Crippen molar-refractivity contribution in [3.8, 4) is 5.69 Å². The molecule has 0 radical (unpaired) electrons. The fourth-order valence-corrected chi connectivity index (χ4v) is 2.31. The third-order valence-electron chi connectivity index (χ3n) is 2.97. The molecule has 2 aromatic rings. The quantitative estimate of drug-likeness (QED) is 0.794. The van der Waals surface area contributed by atoms with Crippen LogP contribution in [0.5, 0.6) is 0 Å². The molecule has 0 amide bonds. The minimum Gasteiger partial charge on any atom is -0.298 e. The van der Waals surface area contributed by atoms with Crippen molar-refractivity contribution in [2.24, 2.45) is 0 Å². The highest BCUT2D eigenvalue weighted by Crippen LogP contribution is 2.25. The lowest BCUT2D eigenvalue weighted by atomic mass is 10.1. The van der Waals surface area contributed by atoms with Gasteiger partial charge in [-0.1, -0.05) is 36.2 Å². The van der Waals surface area contributed by atoms with E-state index >= 15 is 0 Å². The minimum atomic E-state index is 0.383. The maximum atomic E-state index is 11.1. The monoisotopic (exact) mass is 262 g/mol. The van der Waals surface area contributed by atoms with Gasteiger partial charge in [-0.2, -0.15) is 5.10 Å². The molecule has 0 bridgehead atoms. The lowest BCUT2D eigenvalue weighted by Gasteiger charge is -2.07. The van der Waals surface area contributed by atoms with Gasteiger partial charge in [-0.15, -0.1) is 0 Å². The average Bonchev–Trinajstić information content (AvgIpc) is 2.66. The van der Waals surface area contributed by atoms with E-state index in [0.29, 0.717) is 17.1 Å². The van der Waals surface area contributed by atoms with E-state index in [1.54, 1.807) is 4.68 Å². The summed E-state index contributed by atoms with van der Waals surface area (Å²) in [5.41, 5.74) is 4.40. The van der Waals surface area contributed by atoms with Crippen molar-refractivity contribution < 1.29 is 4.79 Å². The molecule has 18 heavy (non-hydrogen) atoms. The lowest BCUT2D eigenvalue weighted by Crippen LogP contribution is -2.00. The Balaban J connectivity index is 2.64. The summed E-state index contributed by atoms with van der Waals surface area (Å²) < 4.78 is 1.64. The predicted molar refractivity (Wildman–Crippen MR) is 72.8 cm³/mol. The van der Waals surface area contributed by atoms with Gasteiger partial charge in [-0.3, -0.25) is 4.79 Å². The third-order valence-corrected chi connectivity index (χ3v) is 3.34. The number of aldehydes is 1.